The molecule has 1 rings (SSSR count). The molecule has 2 heteroatoms. The fraction of sp³-hybridized carbons (Fsp3) is 1.00. The lowest BCUT2D eigenvalue weighted by Crippen LogP contribution is -2.38. The van der Waals surface area contributed by atoms with Crippen LogP contribution in [-0.2, 0) is 0 Å². The highest BCUT2D eigenvalue weighted by atomic mass is 15.2. The molecule has 0 aromatic carbocycles. The number of rotatable bonds is 4. The Bertz CT molecular complexity index is 147. The van der Waals surface area contributed by atoms with Crippen molar-refractivity contribution in [2.24, 2.45) is 0 Å². The number of hydrogen-bond acceptors (Lipinski definition) is 2. The van der Waals surface area contributed by atoms with Crippen molar-refractivity contribution in [2.45, 2.75) is 45.6 Å². The quantitative estimate of drug-likeness (QED) is 0.639. The van der Waals surface area contributed by atoms with Gasteiger partial charge in [-0.1, -0.05) is 19.8 Å². The first kappa shape index (κ1) is 12.0. The van der Waals surface area contributed by atoms with E-state index in [2.05, 4.69) is 30.7 Å². The van der Waals surface area contributed by atoms with Crippen LogP contribution in [0.1, 0.15) is 39.5 Å². The normalized spacial score (nSPS) is 26.4. The summed E-state index contributed by atoms with van der Waals surface area (Å²) >= 11 is 0. The average molecular weight is 198 g/mol. The van der Waals surface area contributed by atoms with Gasteiger partial charge in [0.05, 0.1) is 0 Å². The minimum absolute atomic E-state index is 0.749. The molecular weight excluding hydrogens is 172 g/mol. The number of nitrogens with zero attached hydrogens (tertiary/aromatic N) is 2. The fourth-order valence-electron chi connectivity index (χ4n) is 2.32. The van der Waals surface area contributed by atoms with Crippen LogP contribution in [0.15, 0.2) is 0 Å². The van der Waals surface area contributed by atoms with Crippen LogP contribution in [0.25, 0.3) is 0 Å². The minimum atomic E-state index is 0.749. The second-order valence-electron chi connectivity index (χ2n) is 4.71. The summed E-state index contributed by atoms with van der Waals surface area (Å²) in [6.07, 6.45) is 5.44. The monoisotopic (exact) mass is 198 g/mol. The number of unbranched alkanes of at least 4 members (excludes halogenated alkanes) is 2. The zero-order chi connectivity index (χ0) is 10.4. The third-order valence-electron chi connectivity index (χ3n) is 3.23. The molecule has 0 radical (unpaired) electrons. The van der Waals surface area contributed by atoms with Gasteiger partial charge in [-0.3, -0.25) is 4.90 Å². The number of hydrogen-bond donors (Lipinski definition) is 0. The van der Waals surface area contributed by atoms with Gasteiger partial charge in [0.1, 0.15) is 0 Å². The summed E-state index contributed by atoms with van der Waals surface area (Å²) in [5.41, 5.74) is 0. The summed E-state index contributed by atoms with van der Waals surface area (Å²) in [6.45, 7) is 9.77. The molecule has 1 atom stereocenters. The Morgan fingerprint density at radius 1 is 1.21 bits per heavy atom. The maximum absolute atomic E-state index is 2.67. The van der Waals surface area contributed by atoms with E-state index in [0.717, 1.165) is 6.04 Å². The van der Waals surface area contributed by atoms with Crippen molar-refractivity contribution in [1.82, 2.24) is 9.80 Å². The van der Waals surface area contributed by atoms with Crippen LogP contribution >= 0.6 is 0 Å². The zero-order valence-electron chi connectivity index (χ0n) is 10.1. The Labute approximate surface area is 89.3 Å². The van der Waals surface area contributed by atoms with E-state index < -0.39 is 0 Å². The lowest BCUT2D eigenvalue weighted by Gasteiger charge is -2.27. The molecule has 2 nitrogen and oxygen atoms in total. The van der Waals surface area contributed by atoms with Gasteiger partial charge >= 0.3 is 0 Å². The van der Waals surface area contributed by atoms with Crippen molar-refractivity contribution in [1.29, 1.82) is 0 Å². The van der Waals surface area contributed by atoms with Gasteiger partial charge in [0, 0.05) is 12.6 Å². The van der Waals surface area contributed by atoms with Gasteiger partial charge in [-0.05, 0) is 46.4 Å². The van der Waals surface area contributed by atoms with Crippen LogP contribution in [0.4, 0.5) is 0 Å². The van der Waals surface area contributed by atoms with E-state index in [9.17, 15) is 0 Å². The lowest BCUT2D eigenvalue weighted by atomic mass is 10.2. The van der Waals surface area contributed by atoms with Crippen molar-refractivity contribution < 1.29 is 0 Å². The molecule has 0 aliphatic carbocycles. The molecule has 14 heavy (non-hydrogen) atoms. The Hall–Kier alpha value is -0.0800. The van der Waals surface area contributed by atoms with Crippen LogP contribution in [0.2, 0.25) is 0 Å². The first-order chi connectivity index (χ1) is 6.74. The topological polar surface area (TPSA) is 6.48 Å². The molecule has 84 valence electrons. The van der Waals surface area contributed by atoms with Gasteiger partial charge in [-0.25, -0.2) is 0 Å². The molecular formula is C12H26N2. The molecule has 0 aromatic heterocycles. The predicted octanol–water partition coefficient (Wildman–Crippen LogP) is 2.20. The standard InChI is InChI=1S/C12H26N2/c1-4-5-6-9-14-10-7-8-13(3)11-12(14)2/h12H,4-11H2,1-3H3. The van der Waals surface area contributed by atoms with Gasteiger partial charge in [-0.15, -0.1) is 0 Å². The summed E-state index contributed by atoms with van der Waals surface area (Å²) in [6, 6.07) is 0.749. The van der Waals surface area contributed by atoms with Crippen LogP contribution < -0.4 is 0 Å². The van der Waals surface area contributed by atoms with E-state index in [1.165, 1.54) is 51.9 Å². The summed E-state index contributed by atoms with van der Waals surface area (Å²) in [7, 11) is 2.24. The van der Waals surface area contributed by atoms with Gasteiger partial charge < -0.3 is 4.90 Å². The molecule has 0 saturated carbocycles. The first-order valence-corrected chi connectivity index (χ1v) is 6.16. The van der Waals surface area contributed by atoms with E-state index in [1.807, 2.05) is 0 Å². The predicted molar refractivity (Wildman–Crippen MR) is 62.7 cm³/mol. The smallest absolute Gasteiger partial charge is 0.0194 e. The third-order valence-corrected chi connectivity index (χ3v) is 3.23. The Morgan fingerprint density at radius 3 is 2.71 bits per heavy atom. The largest absolute Gasteiger partial charge is 0.305 e. The van der Waals surface area contributed by atoms with E-state index in [-0.39, 0.29) is 0 Å². The summed E-state index contributed by atoms with van der Waals surface area (Å²) in [4.78, 5) is 5.13. The Kier molecular flexibility index (Phi) is 5.49. The molecule has 0 amide bonds. The minimum Gasteiger partial charge on any atom is -0.305 e. The fourth-order valence-corrected chi connectivity index (χ4v) is 2.32. The van der Waals surface area contributed by atoms with Crippen molar-refractivity contribution in [3.8, 4) is 0 Å². The van der Waals surface area contributed by atoms with Crippen LogP contribution in [0, 0.1) is 0 Å². The van der Waals surface area contributed by atoms with Crippen molar-refractivity contribution in [2.75, 3.05) is 33.2 Å². The number of likely N-dealkylation sites (N-methyl/N-ethyl adjacent to an activating group) is 1. The first-order valence-electron chi connectivity index (χ1n) is 6.16. The molecule has 1 unspecified atom stereocenters. The highest BCUT2D eigenvalue weighted by Crippen LogP contribution is 2.09. The average Bonchev–Trinajstić information content (AvgIpc) is 2.29. The molecule has 1 aliphatic rings. The second kappa shape index (κ2) is 6.41. The Morgan fingerprint density at radius 2 is 2.00 bits per heavy atom. The Balaban J connectivity index is 2.27. The third kappa shape index (κ3) is 3.97. The van der Waals surface area contributed by atoms with E-state index in [1.54, 1.807) is 0 Å². The van der Waals surface area contributed by atoms with Gasteiger partial charge in [0.15, 0.2) is 0 Å². The van der Waals surface area contributed by atoms with Gasteiger partial charge in [0.25, 0.3) is 0 Å². The van der Waals surface area contributed by atoms with Gasteiger partial charge in [-0.2, -0.15) is 0 Å². The highest BCUT2D eigenvalue weighted by Gasteiger charge is 2.18. The van der Waals surface area contributed by atoms with E-state index >= 15 is 0 Å². The molecule has 1 fully saturated rings. The lowest BCUT2D eigenvalue weighted by molar-refractivity contribution is 0.199. The molecule has 1 saturated heterocycles. The second-order valence-corrected chi connectivity index (χ2v) is 4.71. The van der Waals surface area contributed by atoms with Gasteiger partial charge in [0.2, 0.25) is 0 Å². The molecule has 0 aromatic rings. The molecule has 1 heterocycles. The van der Waals surface area contributed by atoms with Crippen molar-refractivity contribution in [3.63, 3.8) is 0 Å². The zero-order valence-corrected chi connectivity index (χ0v) is 10.1. The van der Waals surface area contributed by atoms with Crippen LogP contribution in [-0.4, -0.2) is 49.1 Å². The molecule has 0 N–H and O–H groups in total. The molecule has 1 aliphatic heterocycles. The SMILES string of the molecule is CCCCCN1CCCN(C)CC1C. The van der Waals surface area contributed by atoms with E-state index in [4.69, 9.17) is 0 Å². The molecule has 0 spiro atoms. The summed E-state index contributed by atoms with van der Waals surface area (Å²) in [5, 5.41) is 0. The summed E-state index contributed by atoms with van der Waals surface area (Å²) in [5.74, 6) is 0. The van der Waals surface area contributed by atoms with Crippen molar-refractivity contribution >= 4 is 0 Å². The molecule has 0 bridgehead atoms. The highest BCUT2D eigenvalue weighted by molar-refractivity contribution is 4.74. The summed E-state index contributed by atoms with van der Waals surface area (Å²) < 4.78 is 0. The van der Waals surface area contributed by atoms with E-state index in [0.29, 0.717) is 0 Å². The maximum Gasteiger partial charge on any atom is 0.0194 e. The van der Waals surface area contributed by atoms with Crippen LogP contribution in [0.3, 0.4) is 0 Å². The maximum atomic E-state index is 2.67. The van der Waals surface area contributed by atoms with Crippen LogP contribution in [0.5, 0.6) is 0 Å². The van der Waals surface area contributed by atoms with Crippen molar-refractivity contribution in [3.05, 3.63) is 0 Å².